The summed E-state index contributed by atoms with van der Waals surface area (Å²) >= 11 is 6.32. The molecule has 1 aliphatic heterocycles. The molecule has 0 aliphatic carbocycles. The average molecular weight is 408 g/mol. The Bertz CT molecular complexity index is 684. The predicted molar refractivity (Wildman–Crippen MR) is 117 cm³/mol. The average Bonchev–Trinajstić information content (AvgIpc) is 2.67. The van der Waals surface area contributed by atoms with Gasteiger partial charge in [0.2, 0.25) is 0 Å². The summed E-state index contributed by atoms with van der Waals surface area (Å²) in [5, 5.41) is 4.30. The lowest BCUT2D eigenvalue weighted by atomic mass is 9.74. The first kappa shape index (κ1) is 22.2. The van der Waals surface area contributed by atoms with Crippen molar-refractivity contribution in [1.82, 2.24) is 5.32 Å². The molecule has 27 heavy (non-hydrogen) atoms. The van der Waals surface area contributed by atoms with E-state index < -0.39 is 0 Å². The van der Waals surface area contributed by atoms with Gasteiger partial charge >= 0.3 is 0 Å². The highest BCUT2D eigenvalue weighted by molar-refractivity contribution is 6.30. The van der Waals surface area contributed by atoms with E-state index in [1.165, 1.54) is 29.5 Å². The van der Waals surface area contributed by atoms with Gasteiger partial charge in [-0.2, -0.15) is 0 Å². The normalized spacial score (nSPS) is 15.9. The molecule has 1 fully saturated rings. The lowest BCUT2D eigenvalue weighted by molar-refractivity contribution is 0.0565. The molecule has 3 rings (SSSR count). The van der Waals surface area contributed by atoms with Crippen LogP contribution in [0.15, 0.2) is 48.5 Å². The molecule has 1 aliphatic rings. The molecule has 2 aromatic carbocycles. The second kappa shape index (κ2) is 11.1. The standard InChI is InChI=1S/C23H30ClNO.ClH/c1-2-3-7-19-14-20(16-22(24)15-19)17-26-18-23(10-12-25-13-11-23)21-8-5-4-6-9-21;/h4-6,8-9,14-16,25H,2-3,7,10-13,17-18H2,1H3;1H. The van der Waals surface area contributed by atoms with Crippen LogP contribution < -0.4 is 5.32 Å². The largest absolute Gasteiger partial charge is 0.376 e. The number of hydrogen-bond donors (Lipinski definition) is 1. The number of ether oxygens (including phenoxy) is 1. The molecule has 0 unspecified atom stereocenters. The molecule has 0 spiro atoms. The molecule has 2 nitrogen and oxygen atoms in total. The quantitative estimate of drug-likeness (QED) is 0.584. The Hall–Kier alpha value is -1.06. The van der Waals surface area contributed by atoms with Gasteiger partial charge in [0.15, 0.2) is 0 Å². The van der Waals surface area contributed by atoms with Crippen LogP contribution in [0.25, 0.3) is 0 Å². The van der Waals surface area contributed by atoms with Crippen molar-refractivity contribution in [3.8, 4) is 0 Å². The van der Waals surface area contributed by atoms with Crippen molar-refractivity contribution in [2.45, 2.75) is 51.0 Å². The number of aryl methyl sites for hydroxylation is 1. The van der Waals surface area contributed by atoms with Gasteiger partial charge in [-0.1, -0.05) is 61.3 Å². The molecule has 0 atom stereocenters. The molecule has 1 saturated heterocycles. The van der Waals surface area contributed by atoms with Crippen LogP contribution in [-0.4, -0.2) is 19.7 Å². The molecule has 0 aromatic heterocycles. The fourth-order valence-corrected chi connectivity index (χ4v) is 4.18. The van der Waals surface area contributed by atoms with E-state index in [1.54, 1.807) is 0 Å². The van der Waals surface area contributed by atoms with E-state index in [2.05, 4.69) is 54.7 Å². The molecule has 0 saturated carbocycles. The minimum Gasteiger partial charge on any atom is -0.376 e. The summed E-state index contributed by atoms with van der Waals surface area (Å²) in [6.45, 7) is 5.71. The number of hydrogen-bond acceptors (Lipinski definition) is 2. The second-order valence-electron chi connectivity index (χ2n) is 7.46. The first-order chi connectivity index (χ1) is 12.7. The molecule has 2 aromatic rings. The number of halogens is 2. The predicted octanol–water partition coefficient (Wildman–Crippen LogP) is 5.94. The number of rotatable bonds is 8. The molecular formula is C23H31Cl2NO. The lowest BCUT2D eigenvalue weighted by Crippen LogP contribution is -2.43. The first-order valence-corrected chi connectivity index (χ1v) is 10.2. The zero-order valence-electron chi connectivity index (χ0n) is 16.2. The van der Waals surface area contributed by atoms with Gasteiger partial charge in [0.1, 0.15) is 0 Å². The summed E-state index contributed by atoms with van der Waals surface area (Å²) < 4.78 is 6.25. The van der Waals surface area contributed by atoms with Crippen LogP contribution in [0.1, 0.15) is 49.3 Å². The Morgan fingerprint density at radius 3 is 2.44 bits per heavy atom. The number of benzene rings is 2. The monoisotopic (exact) mass is 407 g/mol. The van der Waals surface area contributed by atoms with Crippen LogP contribution in [0.2, 0.25) is 5.02 Å². The third-order valence-corrected chi connectivity index (χ3v) is 5.65. The van der Waals surface area contributed by atoms with Gasteiger partial charge in [-0.3, -0.25) is 0 Å². The second-order valence-corrected chi connectivity index (χ2v) is 7.90. The maximum Gasteiger partial charge on any atom is 0.0717 e. The van der Waals surface area contributed by atoms with Crippen LogP contribution in [-0.2, 0) is 23.2 Å². The SMILES string of the molecule is CCCCc1cc(Cl)cc(COCC2(c3ccccc3)CCNCC2)c1.Cl. The van der Waals surface area contributed by atoms with E-state index in [-0.39, 0.29) is 17.8 Å². The molecule has 1 heterocycles. The van der Waals surface area contributed by atoms with Crippen LogP contribution in [0.3, 0.4) is 0 Å². The summed E-state index contributed by atoms with van der Waals surface area (Å²) in [5.74, 6) is 0. The maximum atomic E-state index is 6.32. The van der Waals surface area contributed by atoms with E-state index in [0.717, 1.165) is 44.0 Å². The van der Waals surface area contributed by atoms with Gasteiger partial charge < -0.3 is 10.1 Å². The van der Waals surface area contributed by atoms with Crippen LogP contribution in [0, 0.1) is 0 Å². The van der Waals surface area contributed by atoms with E-state index in [4.69, 9.17) is 16.3 Å². The highest BCUT2D eigenvalue weighted by atomic mass is 35.5. The van der Waals surface area contributed by atoms with E-state index in [0.29, 0.717) is 6.61 Å². The Balaban J connectivity index is 0.00000261. The van der Waals surface area contributed by atoms with Crippen molar-refractivity contribution in [3.63, 3.8) is 0 Å². The van der Waals surface area contributed by atoms with Crippen molar-refractivity contribution in [3.05, 3.63) is 70.2 Å². The van der Waals surface area contributed by atoms with Crippen molar-refractivity contribution in [2.24, 2.45) is 0 Å². The maximum absolute atomic E-state index is 6.32. The van der Waals surface area contributed by atoms with Gasteiger partial charge in [-0.15, -0.1) is 12.4 Å². The Morgan fingerprint density at radius 1 is 1.04 bits per heavy atom. The van der Waals surface area contributed by atoms with Crippen molar-refractivity contribution in [2.75, 3.05) is 19.7 Å². The summed E-state index contributed by atoms with van der Waals surface area (Å²) in [4.78, 5) is 0. The Labute approximate surface area is 175 Å². The highest BCUT2D eigenvalue weighted by Crippen LogP contribution is 2.34. The lowest BCUT2D eigenvalue weighted by Gasteiger charge is -2.38. The minimum absolute atomic E-state index is 0. The van der Waals surface area contributed by atoms with Gasteiger partial charge in [-0.05, 0) is 67.6 Å². The zero-order valence-corrected chi connectivity index (χ0v) is 17.7. The molecular weight excluding hydrogens is 377 g/mol. The highest BCUT2D eigenvalue weighted by Gasteiger charge is 2.34. The van der Waals surface area contributed by atoms with Gasteiger partial charge in [0.25, 0.3) is 0 Å². The van der Waals surface area contributed by atoms with Crippen LogP contribution in [0.5, 0.6) is 0 Å². The Morgan fingerprint density at radius 2 is 1.74 bits per heavy atom. The minimum atomic E-state index is 0. The van der Waals surface area contributed by atoms with Gasteiger partial charge in [0, 0.05) is 10.4 Å². The van der Waals surface area contributed by atoms with Crippen molar-refractivity contribution < 1.29 is 4.74 Å². The van der Waals surface area contributed by atoms with Crippen LogP contribution in [0.4, 0.5) is 0 Å². The molecule has 0 amide bonds. The van der Waals surface area contributed by atoms with E-state index >= 15 is 0 Å². The fourth-order valence-electron chi connectivity index (χ4n) is 3.90. The third kappa shape index (κ3) is 6.22. The number of unbranched alkanes of at least 4 members (excludes halogenated alkanes) is 1. The summed E-state index contributed by atoms with van der Waals surface area (Å²) in [5.41, 5.74) is 4.02. The van der Waals surface area contributed by atoms with Crippen molar-refractivity contribution >= 4 is 24.0 Å². The first-order valence-electron chi connectivity index (χ1n) is 9.84. The van der Waals surface area contributed by atoms with E-state index in [1.807, 2.05) is 6.07 Å². The van der Waals surface area contributed by atoms with Gasteiger partial charge in [0.05, 0.1) is 13.2 Å². The molecule has 148 valence electrons. The van der Waals surface area contributed by atoms with E-state index in [9.17, 15) is 0 Å². The summed E-state index contributed by atoms with van der Waals surface area (Å²) in [6, 6.07) is 17.2. The molecule has 4 heteroatoms. The van der Waals surface area contributed by atoms with Crippen LogP contribution >= 0.6 is 24.0 Å². The fraction of sp³-hybridized carbons (Fsp3) is 0.478. The number of piperidine rings is 1. The van der Waals surface area contributed by atoms with Gasteiger partial charge in [-0.25, -0.2) is 0 Å². The third-order valence-electron chi connectivity index (χ3n) is 5.43. The zero-order chi connectivity index (χ0) is 18.2. The summed E-state index contributed by atoms with van der Waals surface area (Å²) in [7, 11) is 0. The summed E-state index contributed by atoms with van der Waals surface area (Å²) in [6.07, 6.45) is 5.73. The molecule has 0 radical (unpaired) electrons. The Kier molecular flexibility index (Phi) is 9.11. The smallest absolute Gasteiger partial charge is 0.0717 e. The topological polar surface area (TPSA) is 21.3 Å². The molecule has 0 bridgehead atoms. The number of nitrogens with one attached hydrogen (secondary N) is 1. The molecule has 1 N–H and O–H groups in total. The van der Waals surface area contributed by atoms with Crippen molar-refractivity contribution in [1.29, 1.82) is 0 Å².